The van der Waals surface area contributed by atoms with Crippen LogP contribution in [0.3, 0.4) is 0 Å². The van der Waals surface area contributed by atoms with Gasteiger partial charge in [-0.1, -0.05) is 12.1 Å². The number of halogens is 2. The minimum atomic E-state index is -0.296. The van der Waals surface area contributed by atoms with Gasteiger partial charge in [-0.2, -0.15) is 0 Å². The van der Waals surface area contributed by atoms with Crippen molar-refractivity contribution in [2.75, 3.05) is 6.54 Å². The predicted octanol–water partition coefficient (Wildman–Crippen LogP) is 3.70. The van der Waals surface area contributed by atoms with Gasteiger partial charge in [-0.25, -0.2) is 4.39 Å². The second-order valence-electron chi connectivity index (χ2n) is 5.32. The van der Waals surface area contributed by atoms with Gasteiger partial charge < -0.3 is 15.8 Å². The minimum Gasteiger partial charge on any atom is -0.457 e. The average Bonchev–Trinajstić information content (AvgIpc) is 2.55. The minimum absolute atomic E-state index is 0. The maximum Gasteiger partial charge on any atom is 0.220 e. The molecule has 0 heterocycles. The standard InChI is InChI=1S/C18H21FN2O2.ClH/c1-13-11-14(12-21-18(22)3-2-10-20)4-9-17(13)23-16-7-5-15(19)6-8-16;/h4-9,11H,2-3,10,12,20H2,1H3,(H,21,22);1H. The number of nitrogens with one attached hydrogen (secondary N) is 1. The first-order chi connectivity index (χ1) is 11.1. The Balaban J connectivity index is 0.00000288. The van der Waals surface area contributed by atoms with Crippen molar-refractivity contribution in [3.05, 3.63) is 59.4 Å². The van der Waals surface area contributed by atoms with E-state index in [9.17, 15) is 9.18 Å². The number of benzene rings is 2. The van der Waals surface area contributed by atoms with E-state index in [2.05, 4.69) is 5.32 Å². The van der Waals surface area contributed by atoms with Crippen LogP contribution in [-0.2, 0) is 11.3 Å². The Labute approximate surface area is 147 Å². The average molecular weight is 353 g/mol. The molecule has 0 spiro atoms. The van der Waals surface area contributed by atoms with Gasteiger partial charge in [-0.15, -0.1) is 12.4 Å². The van der Waals surface area contributed by atoms with Crippen LogP contribution in [-0.4, -0.2) is 12.5 Å². The summed E-state index contributed by atoms with van der Waals surface area (Å²) in [6.07, 6.45) is 1.14. The molecule has 2 aromatic carbocycles. The van der Waals surface area contributed by atoms with Crippen molar-refractivity contribution in [1.29, 1.82) is 0 Å². The Morgan fingerprint density at radius 1 is 1.21 bits per heavy atom. The van der Waals surface area contributed by atoms with Crippen molar-refractivity contribution >= 4 is 18.3 Å². The smallest absolute Gasteiger partial charge is 0.220 e. The van der Waals surface area contributed by atoms with Crippen molar-refractivity contribution in [1.82, 2.24) is 5.32 Å². The fourth-order valence-electron chi connectivity index (χ4n) is 2.12. The van der Waals surface area contributed by atoms with Gasteiger partial charge in [0.2, 0.25) is 5.91 Å². The summed E-state index contributed by atoms with van der Waals surface area (Å²) in [6.45, 7) is 2.92. The molecule has 0 atom stereocenters. The van der Waals surface area contributed by atoms with Gasteiger partial charge in [0, 0.05) is 13.0 Å². The molecule has 0 aliphatic rings. The maximum atomic E-state index is 12.9. The van der Waals surface area contributed by atoms with Crippen LogP contribution in [0.4, 0.5) is 4.39 Å². The largest absolute Gasteiger partial charge is 0.457 e. The number of hydrogen-bond acceptors (Lipinski definition) is 3. The van der Waals surface area contributed by atoms with Crippen LogP contribution in [0.1, 0.15) is 24.0 Å². The first kappa shape index (κ1) is 19.9. The second-order valence-corrected chi connectivity index (χ2v) is 5.32. The van der Waals surface area contributed by atoms with Crippen LogP contribution < -0.4 is 15.8 Å². The second kappa shape index (κ2) is 9.90. The molecule has 6 heteroatoms. The van der Waals surface area contributed by atoms with Crippen molar-refractivity contribution in [2.24, 2.45) is 5.73 Å². The molecule has 3 N–H and O–H groups in total. The number of amides is 1. The van der Waals surface area contributed by atoms with E-state index in [1.807, 2.05) is 25.1 Å². The van der Waals surface area contributed by atoms with Gasteiger partial charge in [-0.3, -0.25) is 4.79 Å². The summed E-state index contributed by atoms with van der Waals surface area (Å²) in [5, 5.41) is 2.86. The van der Waals surface area contributed by atoms with Crippen LogP contribution >= 0.6 is 12.4 Å². The van der Waals surface area contributed by atoms with Crippen LogP contribution in [0.25, 0.3) is 0 Å². The highest BCUT2D eigenvalue weighted by Crippen LogP contribution is 2.25. The molecule has 0 aliphatic heterocycles. The third-order valence-corrected chi connectivity index (χ3v) is 3.38. The maximum absolute atomic E-state index is 12.9. The summed E-state index contributed by atoms with van der Waals surface area (Å²) < 4.78 is 18.6. The summed E-state index contributed by atoms with van der Waals surface area (Å²) in [7, 11) is 0. The Hall–Kier alpha value is -2.11. The molecule has 0 saturated heterocycles. The first-order valence-electron chi connectivity index (χ1n) is 7.58. The molecule has 1 amide bonds. The monoisotopic (exact) mass is 352 g/mol. The Kier molecular flexibility index (Phi) is 8.22. The van der Waals surface area contributed by atoms with Gasteiger partial charge >= 0.3 is 0 Å². The van der Waals surface area contributed by atoms with Gasteiger partial charge in [0.15, 0.2) is 0 Å². The molecule has 2 aromatic rings. The molecule has 0 saturated carbocycles. The topological polar surface area (TPSA) is 64.4 Å². The van der Waals surface area contributed by atoms with E-state index < -0.39 is 0 Å². The van der Waals surface area contributed by atoms with Crippen LogP contribution in [0.5, 0.6) is 11.5 Å². The van der Waals surface area contributed by atoms with Gasteiger partial charge in [0.1, 0.15) is 17.3 Å². The Morgan fingerprint density at radius 2 is 1.92 bits per heavy atom. The number of rotatable bonds is 7. The molecule has 0 radical (unpaired) electrons. The van der Waals surface area contributed by atoms with Crippen LogP contribution in [0.15, 0.2) is 42.5 Å². The molecular weight excluding hydrogens is 331 g/mol. The summed E-state index contributed by atoms with van der Waals surface area (Å²) in [6, 6.07) is 11.6. The van der Waals surface area contributed by atoms with Gasteiger partial charge in [-0.05, 0) is 61.3 Å². The highest BCUT2D eigenvalue weighted by Gasteiger charge is 2.05. The highest BCUT2D eigenvalue weighted by atomic mass is 35.5. The van der Waals surface area contributed by atoms with Crippen LogP contribution in [0.2, 0.25) is 0 Å². The lowest BCUT2D eigenvalue weighted by Gasteiger charge is -2.11. The molecule has 24 heavy (non-hydrogen) atoms. The SMILES string of the molecule is Cc1cc(CNC(=O)CCCN)ccc1Oc1ccc(F)cc1.Cl. The summed E-state index contributed by atoms with van der Waals surface area (Å²) in [4.78, 5) is 11.6. The zero-order valence-electron chi connectivity index (χ0n) is 13.5. The molecule has 0 bridgehead atoms. The zero-order chi connectivity index (χ0) is 16.7. The fourth-order valence-corrected chi connectivity index (χ4v) is 2.12. The fraction of sp³-hybridized carbons (Fsp3) is 0.278. The van der Waals surface area contributed by atoms with Crippen molar-refractivity contribution in [3.8, 4) is 11.5 Å². The molecule has 130 valence electrons. The Bertz CT molecular complexity index is 663. The molecule has 0 fully saturated rings. The van der Waals surface area contributed by atoms with Crippen molar-refractivity contribution < 1.29 is 13.9 Å². The lowest BCUT2D eigenvalue weighted by molar-refractivity contribution is -0.121. The molecule has 4 nitrogen and oxygen atoms in total. The normalized spacial score (nSPS) is 9.96. The lowest BCUT2D eigenvalue weighted by atomic mass is 10.1. The molecule has 2 rings (SSSR count). The Morgan fingerprint density at radius 3 is 2.54 bits per heavy atom. The number of ether oxygens (including phenoxy) is 1. The molecule has 0 unspecified atom stereocenters. The van der Waals surface area contributed by atoms with Crippen LogP contribution in [0, 0.1) is 12.7 Å². The van der Waals surface area contributed by atoms with E-state index in [0.29, 0.717) is 37.4 Å². The van der Waals surface area contributed by atoms with E-state index in [-0.39, 0.29) is 24.1 Å². The summed E-state index contributed by atoms with van der Waals surface area (Å²) >= 11 is 0. The van der Waals surface area contributed by atoms with E-state index in [0.717, 1.165) is 11.1 Å². The number of nitrogens with two attached hydrogens (primary N) is 1. The number of aryl methyl sites for hydroxylation is 1. The zero-order valence-corrected chi connectivity index (χ0v) is 14.4. The van der Waals surface area contributed by atoms with Crippen molar-refractivity contribution in [2.45, 2.75) is 26.3 Å². The molecule has 0 aliphatic carbocycles. The quantitative estimate of drug-likeness (QED) is 0.798. The first-order valence-corrected chi connectivity index (χ1v) is 7.58. The van der Waals surface area contributed by atoms with Gasteiger partial charge in [0.25, 0.3) is 0 Å². The number of hydrogen-bond donors (Lipinski definition) is 2. The third-order valence-electron chi connectivity index (χ3n) is 3.38. The lowest BCUT2D eigenvalue weighted by Crippen LogP contribution is -2.23. The highest BCUT2D eigenvalue weighted by molar-refractivity contribution is 5.85. The van der Waals surface area contributed by atoms with Crippen molar-refractivity contribution in [3.63, 3.8) is 0 Å². The summed E-state index contributed by atoms with van der Waals surface area (Å²) in [5.74, 6) is 0.988. The predicted molar refractivity (Wildman–Crippen MR) is 95.0 cm³/mol. The number of carbonyl (C=O) groups is 1. The third kappa shape index (κ3) is 6.18. The van der Waals surface area contributed by atoms with E-state index in [1.165, 1.54) is 12.1 Å². The molecule has 0 aromatic heterocycles. The summed E-state index contributed by atoms with van der Waals surface area (Å²) in [5.41, 5.74) is 7.32. The number of carbonyl (C=O) groups excluding carboxylic acids is 1. The van der Waals surface area contributed by atoms with E-state index in [4.69, 9.17) is 10.5 Å². The van der Waals surface area contributed by atoms with Gasteiger partial charge in [0.05, 0.1) is 0 Å². The van der Waals surface area contributed by atoms with E-state index in [1.54, 1.807) is 12.1 Å². The van der Waals surface area contributed by atoms with E-state index >= 15 is 0 Å². The molecular formula is C18H22ClFN2O2.